The molecule has 2 amide bonds. The molecular formula is C19H31N3O2. The Labute approximate surface area is 145 Å². The minimum Gasteiger partial charge on any atom is -0.353 e. The van der Waals surface area contributed by atoms with Crippen LogP contribution in [0.5, 0.6) is 0 Å². The third kappa shape index (κ3) is 8.11. The van der Waals surface area contributed by atoms with Crippen molar-refractivity contribution in [3.8, 4) is 0 Å². The summed E-state index contributed by atoms with van der Waals surface area (Å²) in [5, 5.41) is 5.64. The Morgan fingerprint density at radius 3 is 2.29 bits per heavy atom. The average Bonchev–Trinajstić information content (AvgIpc) is 2.53. The zero-order chi connectivity index (χ0) is 17.9. The number of nitrogens with one attached hydrogen (secondary N) is 2. The van der Waals surface area contributed by atoms with Crippen LogP contribution < -0.4 is 10.6 Å². The van der Waals surface area contributed by atoms with Gasteiger partial charge in [-0.1, -0.05) is 31.5 Å². The Balaban J connectivity index is 2.26. The van der Waals surface area contributed by atoms with Gasteiger partial charge in [0.2, 0.25) is 11.8 Å². The lowest BCUT2D eigenvalue weighted by molar-refractivity contribution is -0.127. The van der Waals surface area contributed by atoms with Gasteiger partial charge in [0.05, 0.1) is 0 Å². The minimum atomic E-state index is -0.285. The second kappa shape index (κ2) is 10.8. The molecule has 5 heteroatoms. The van der Waals surface area contributed by atoms with E-state index in [-0.39, 0.29) is 24.3 Å². The zero-order valence-corrected chi connectivity index (χ0v) is 15.4. The SMILES string of the molecule is CCN(CC)CCC[C@@H](C)NC(=O)CC(=O)Nc1ccc(C)cc1. The van der Waals surface area contributed by atoms with Crippen LogP contribution in [0.2, 0.25) is 0 Å². The molecule has 134 valence electrons. The molecule has 5 nitrogen and oxygen atoms in total. The molecule has 2 N–H and O–H groups in total. The lowest BCUT2D eigenvalue weighted by Crippen LogP contribution is -2.35. The Hall–Kier alpha value is -1.88. The fraction of sp³-hybridized carbons (Fsp3) is 0.579. The predicted molar refractivity (Wildman–Crippen MR) is 99.1 cm³/mol. The van der Waals surface area contributed by atoms with Gasteiger partial charge in [0.15, 0.2) is 0 Å². The molecule has 0 aliphatic rings. The van der Waals surface area contributed by atoms with Gasteiger partial charge in [-0.3, -0.25) is 9.59 Å². The van der Waals surface area contributed by atoms with Crippen LogP contribution in [-0.4, -0.2) is 42.4 Å². The highest BCUT2D eigenvalue weighted by Crippen LogP contribution is 2.09. The summed E-state index contributed by atoms with van der Waals surface area (Å²) in [5.74, 6) is -0.512. The van der Waals surface area contributed by atoms with Crippen LogP contribution in [0.15, 0.2) is 24.3 Å². The molecule has 0 saturated carbocycles. The first kappa shape index (κ1) is 20.2. The molecule has 1 atom stereocenters. The van der Waals surface area contributed by atoms with Crippen molar-refractivity contribution in [2.45, 2.75) is 53.0 Å². The highest BCUT2D eigenvalue weighted by molar-refractivity contribution is 6.03. The third-order valence-corrected chi connectivity index (χ3v) is 4.07. The van der Waals surface area contributed by atoms with Gasteiger partial charge in [-0.15, -0.1) is 0 Å². The van der Waals surface area contributed by atoms with E-state index in [1.807, 2.05) is 38.1 Å². The Bertz CT molecular complexity index is 510. The van der Waals surface area contributed by atoms with Crippen LogP contribution in [0.1, 0.15) is 45.6 Å². The molecule has 0 unspecified atom stereocenters. The second-order valence-corrected chi connectivity index (χ2v) is 6.23. The Morgan fingerprint density at radius 2 is 1.71 bits per heavy atom. The van der Waals surface area contributed by atoms with E-state index in [9.17, 15) is 9.59 Å². The summed E-state index contributed by atoms with van der Waals surface area (Å²) in [5.41, 5.74) is 1.84. The molecule has 0 aromatic heterocycles. The summed E-state index contributed by atoms with van der Waals surface area (Å²) in [6.45, 7) is 11.4. The van der Waals surface area contributed by atoms with Gasteiger partial charge in [-0.25, -0.2) is 0 Å². The van der Waals surface area contributed by atoms with Crippen LogP contribution in [0.25, 0.3) is 0 Å². The first-order valence-corrected chi connectivity index (χ1v) is 8.82. The van der Waals surface area contributed by atoms with Crippen molar-refractivity contribution in [2.75, 3.05) is 25.0 Å². The van der Waals surface area contributed by atoms with Crippen LogP contribution in [0, 0.1) is 6.92 Å². The molecule has 0 fully saturated rings. The fourth-order valence-corrected chi connectivity index (χ4v) is 2.55. The minimum absolute atomic E-state index is 0.0836. The molecule has 1 rings (SSSR count). The van der Waals surface area contributed by atoms with Crippen molar-refractivity contribution in [3.05, 3.63) is 29.8 Å². The van der Waals surface area contributed by atoms with Crippen molar-refractivity contribution in [1.82, 2.24) is 10.2 Å². The summed E-state index contributed by atoms with van der Waals surface area (Å²) >= 11 is 0. The van der Waals surface area contributed by atoms with E-state index in [0.29, 0.717) is 5.69 Å². The molecule has 24 heavy (non-hydrogen) atoms. The summed E-state index contributed by atoms with van der Waals surface area (Å²) in [6.07, 6.45) is 1.81. The maximum Gasteiger partial charge on any atom is 0.233 e. The lowest BCUT2D eigenvalue weighted by Gasteiger charge is -2.19. The van der Waals surface area contributed by atoms with E-state index in [0.717, 1.165) is 38.0 Å². The van der Waals surface area contributed by atoms with Crippen molar-refractivity contribution in [3.63, 3.8) is 0 Å². The molecular weight excluding hydrogens is 302 g/mol. The molecule has 0 spiro atoms. The topological polar surface area (TPSA) is 61.4 Å². The van der Waals surface area contributed by atoms with Gasteiger partial charge in [-0.2, -0.15) is 0 Å². The number of nitrogens with zero attached hydrogens (tertiary/aromatic N) is 1. The van der Waals surface area contributed by atoms with Gasteiger partial charge in [0.1, 0.15) is 6.42 Å². The monoisotopic (exact) mass is 333 g/mol. The van der Waals surface area contributed by atoms with Crippen molar-refractivity contribution in [1.29, 1.82) is 0 Å². The highest BCUT2D eigenvalue weighted by Gasteiger charge is 2.12. The van der Waals surface area contributed by atoms with Gasteiger partial charge in [0.25, 0.3) is 0 Å². The molecule has 0 saturated heterocycles. The van der Waals surface area contributed by atoms with E-state index in [4.69, 9.17) is 0 Å². The van der Waals surface area contributed by atoms with E-state index >= 15 is 0 Å². The number of hydrogen-bond donors (Lipinski definition) is 2. The molecule has 0 aliphatic carbocycles. The number of benzene rings is 1. The molecule has 1 aromatic carbocycles. The quantitative estimate of drug-likeness (QED) is 0.647. The van der Waals surface area contributed by atoms with Crippen molar-refractivity contribution < 1.29 is 9.59 Å². The zero-order valence-electron chi connectivity index (χ0n) is 15.4. The smallest absolute Gasteiger partial charge is 0.233 e. The molecule has 0 radical (unpaired) electrons. The van der Waals surface area contributed by atoms with Gasteiger partial charge in [-0.05, 0) is 58.5 Å². The first-order chi connectivity index (χ1) is 11.4. The maximum atomic E-state index is 11.9. The van der Waals surface area contributed by atoms with Crippen LogP contribution in [0.4, 0.5) is 5.69 Å². The molecule has 0 aliphatic heterocycles. The number of rotatable bonds is 10. The van der Waals surface area contributed by atoms with E-state index in [1.54, 1.807) is 0 Å². The summed E-state index contributed by atoms with van der Waals surface area (Å²) in [4.78, 5) is 26.2. The van der Waals surface area contributed by atoms with Crippen LogP contribution in [-0.2, 0) is 9.59 Å². The number of hydrogen-bond acceptors (Lipinski definition) is 3. The van der Waals surface area contributed by atoms with Gasteiger partial charge >= 0.3 is 0 Å². The fourth-order valence-electron chi connectivity index (χ4n) is 2.55. The normalized spacial score (nSPS) is 12.0. The Morgan fingerprint density at radius 1 is 1.08 bits per heavy atom. The number of anilines is 1. The predicted octanol–water partition coefficient (Wildman–Crippen LogP) is 2.95. The number of amides is 2. The lowest BCUT2D eigenvalue weighted by atomic mass is 10.1. The summed E-state index contributed by atoms with van der Waals surface area (Å²) < 4.78 is 0. The highest BCUT2D eigenvalue weighted by atomic mass is 16.2. The van der Waals surface area contributed by atoms with E-state index in [1.165, 1.54) is 0 Å². The third-order valence-electron chi connectivity index (χ3n) is 4.07. The summed E-state index contributed by atoms with van der Waals surface area (Å²) in [7, 11) is 0. The average molecular weight is 333 g/mol. The van der Waals surface area contributed by atoms with E-state index in [2.05, 4.69) is 29.4 Å². The second-order valence-electron chi connectivity index (χ2n) is 6.23. The maximum absolute atomic E-state index is 11.9. The van der Waals surface area contributed by atoms with Crippen molar-refractivity contribution >= 4 is 17.5 Å². The van der Waals surface area contributed by atoms with Crippen LogP contribution >= 0.6 is 0 Å². The van der Waals surface area contributed by atoms with Crippen molar-refractivity contribution in [2.24, 2.45) is 0 Å². The standard InChI is InChI=1S/C19H31N3O2/c1-5-22(6-2)13-7-8-16(4)20-18(23)14-19(24)21-17-11-9-15(3)10-12-17/h9-12,16H,5-8,13-14H2,1-4H3,(H,20,23)(H,21,24)/t16-/m1/s1. The van der Waals surface area contributed by atoms with Gasteiger partial charge in [0, 0.05) is 11.7 Å². The first-order valence-electron chi connectivity index (χ1n) is 8.82. The summed E-state index contributed by atoms with van der Waals surface area (Å²) in [6, 6.07) is 7.60. The number of aryl methyl sites for hydroxylation is 1. The Kier molecular flexibility index (Phi) is 9.08. The molecule has 0 bridgehead atoms. The number of carbonyl (C=O) groups is 2. The number of carbonyl (C=O) groups excluding carboxylic acids is 2. The van der Waals surface area contributed by atoms with Gasteiger partial charge < -0.3 is 15.5 Å². The van der Waals surface area contributed by atoms with Crippen LogP contribution in [0.3, 0.4) is 0 Å². The molecule has 1 aromatic rings. The largest absolute Gasteiger partial charge is 0.353 e. The van der Waals surface area contributed by atoms with E-state index < -0.39 is 0 Å². The molecule has 0 heterocycles.